The molecule has 2 aromatic rings. The van der Waals surface area contributed by atoms with Crippen LogP contribution in [0.15, 0.2) is 27.9 Å². The summed E-state index contributed by atoms with van der Waals surface area (Å²) >= 11 is 2.80. The zero-order valence-corrected chi connectivity index (χ0v) is 11.8. The molecule has 1 aromatic carbocycles. The molecule has 3 N–H and O–H groups in total. The molecule has 0 saturated heterocycles. The van der Waals surface area contributed by atoms with E-state index in [9.17, 15) is 9.18 Å². The fraction of sp³-hybridized carbons (Fsp3) is 0.167. The molecule has 0 unspecified atom stereocenters. The number of nitrogens with zero attached hydrogens (tertiary/aromatic N) is 1. The van der Waals surface area contributed by atoms with Crippen molar-refractivity contribution in [3.8, 4) is 0 Å². The van der Waals surface area contributed by atoms with Crippen LogP contribution in [0.25, 0.3) is 0 Å². The fourth-order valence-electron chi connectivity index (χ4n) is 1.35. The van der Waals surface area contributed by atoms with E-state index in [0.717, 1.165) is 10.0 Å². The molecule has 2 rings (SSSR count). The van der Waals surface area contributed by atoms with Crippen LogP contribution in [0.1, 0.15) is 5.69 Å². The third kappa shape index (κ3) is 3.93. The second kappa shape index (κ2) is 6.03. The molecule has 0 aliphatic heterocycles. The highest BCUT2D eigenvalue weighted by atomic mass is 32.2. The Kier molecular flexibility index (Phi) is 4.39. The SMILES string of the molecule is Cc1csc(SCC(=O)Nc2cc(N)ccc2F)n1. The topological polar surface area (TPSA) is 68.0 Å². The molecule has 1 heterocycles. The van der Waals surface area contributed by atoms with Crippen molar-refractivity contribution in [1.29, 1.82) is 0 Å². The van der Waals surface area contributed by atoms with Gasteiger partial charge in [-0.3, -0.25) is 4.79 Å². The van der Waals surface area contributed by atoms with Crippen molar-refractivity contribution in [3.63, 3.8) is 0 Å². The van der Waals surface area contributed by atoms with Crippen LogP contribution in [0.2, 0.25) is 0 Å². The number of anilines is 2. The fourth-order valence-corrected chi connectivity index (χ4v) is 3.00. The van der Waals surface area contributed by atoms with Crippen LogP contribution in [-0.2, 0) is 4.79 Å². The number of benzene rings is 1. The maximum atomic E-state index is 13.4. The van der Waals surface area contributed by atoms with E-state index in [4.69, 9.17) is 5.73 Å². The minimum atomic E-state index is -0.502. The summed E-state index contributed by atoms with van der Waals surface area (Å²) in [6.07, 6.45) is 0. The number of nitrogen functional groups attached to an aromatic ring is 1. The number of halogens is 1. The summed E-state index contributed by atoms with van der Waals surface area (Å²) < 4.78 is 14.2. The van der Waals surface area contributed by atoms with E-state index >= 15 is 0 Å². The minimum Gasteiger partial charge on any atom is -0.399 e. The second-order valence-electron chi connectivity index (χ2n) is 3.83. The number of hydrogen-bond donors (Lipinski definition) is 2. The lowest BCUT2D eigenvalue weighted by atomic mass is 10.2. The van der Waals surface area contributed by atoms with Crippen molar-refractivity contribution >= 4 is 40.4 Å². The molecule has 7 heteroatoms. The van der Waals surface area contributed by atoms with E-state index in [1.807, 2.05) is 12.3 Å². The first-order valence-corrected chi connectivity index (χ1v) is 7.31. The predicted molar refractivity (Wildman–Crippen MR) is 77.0 cm³/mol. The van der Waals surface area contributed by atoms with Gasteiger partial charge in [0.25, 0.3) is 0 Å². The summed E-state index contributed by atoms with van der Waals surface area (Å²) in [5.74, 6) is -0.610. The molecule has 1 aromatic heterocycles. The minimum absolute atomic E-state index is 0.0981. The first-order chi connectivity index (χ1) is 9.04. The summed E-state index contributed by atoms with van der Waals surface area (Å²) in [7, 11) is 0. The van der Waals surface area contributed by atoms with Crippen molar-refractivity contribution < 1.29 is 9.18 Å². The van der Waals surface area contributed by atoms with Crippen LogP contribution in [0.5, 0.6) is 0 Å². The standard InChI is InChI=1S/C12H12FN3OS2/c1-7-5-18-12(15-7)19-6-11(17)16-10-4-8(14)2-3-9(10)13/h2-5H,6,14H2,1H3,(H,16,17). The maximum absolute atomic E-state index is 13.4. The normalized spacial score (nSPS) is 10.4. The van der Waals surface area contributed by atoms with Crippen LogP contribution in [0.3, 0.4) is 0 Å². The first-order valence-electron chi connectivity index (χ1n) is 5.44. The number of aryl methyl sites for hydroxylation is 1. The molecular weight excluding hydrogens is 285 g/mol. The third-order valence-electron chi connectivity index (χ3n) is 2.19. The average Bonchev–Trinajstić information content (AvgIpc) is 2.77. The summed E-state index contributed by atoms with van der Waals surface area (Å²) in [6.45, 7) is 1.89. The Balaban J connectivity index is 1.92. The number of aromatic nitrogens is 1. The average molecular weight is 297 g/mol. The molecule has 0 saturated carbocycles. The van der Waals surface area contributed by atoms with Gasteiger partial charge in [0.2, 0.25) is 5.91 Å². The molecule has 19 heavy (non-hydrogen) atoms. The number of thioether (sulfide) groups is 1. The molecular formula is C12H12FN3OS2. The van der Waals surface area contributed by atoms with Crippen LogP contribution in [0.4, 0.5) is 15.8 Å². The Hall–Kier alpha value is -1.60. The van der Waals surface area contributed by atoms with E-state index in [1.165, 1.54) is 41.3 Å². The number of nitrogens with one attached hydrogen (secondary N) is 1. The second-order valence-corrected chi connectivity index (χ2v) is 5.91. The predicted octanol–water partition coefficient (Wildman–Crippen LogP) is 2.90. The van der Waals surface area contributed by atoms with Crippen molar-refractivity contribution in [2.75, 3.05) is 16.8 Å². The van der Waals surface area contributed by atoms with Crippen LogP contribution in [-0.4, -0.2) is 16.6 Å². The highest BCUT2D eigenvalue weighted by molar-refractivity contribution is 8.01. The highest BCUT2D eigenvalue weighted by Crippen LogP contribution is 2.23. The summed E-state index contributed by atoms with van der Waals surface area (Å²) in [4.78, 5) is 15.9. The molecule has 0 aliphatic carbocycles. The number of amides is 1. The lowest BCUT2D eigenvalue weighted by molar-refractivity contribution is -0.113. The number of rotatable bonds is 4. The van der Waals surface area contributed by atoms with Crippen LogP contribution >= 0.6 is 23.1 Å². The summed E-state index contributed by atoms with van der Waals surface area (Å²) in [6, 6.07) is 4.06. The smallest absolute Gasteiger partial charge is 0.234 e. The Labute approximate surface area is 118 Å². The largest absolute Gasteiger partial charge is 0.399 e. The van der Waals surface area contributed by atoms with Gasteiger partial charge < -0.3 is 11.1 Å². The van der Waals surface area contributed by atoms with Gasteiger partial charge >= 0.3 is 0 Å². The molecule has 0 fully saturated rings. The van der Waals surface area contributed by atoms with Crippen molar-refractivity contribution in [2.24, 2.45) is 0 Å². The zero-order valence-electron chi connectivity index (χ0n) is 10.1. The van der Waals surface area contributed by atoms with E-state index in [-0.39, 0.29) is 17.3 Å². The number of carbonyl (C=O) groups excluding carboxylic acids is 1. The van der Waals surface area contributed by atoms with E-state index in [1.54, 1.807) is 0 Å². The third-order valence-corrected chi connectivity index (χ3v) is 4.33. The molecule has 4 nitrogen and oxygen atoms in total. The lowest BCUT2D eigenvalue weighted by Crippen LogP contribution is -2.15. The van der Waals surface area contributed by atoms with Gasteiger partial charge in [0.15, 0.2) is 4.34 Å². The van der Waals surface area contributed by atoms with Crippen LogP contribution in [0, 0.1) is 12.7 Å². The van der Waals surface area contributed by atoms with Gasteiger partial charge in [0, 0.05) is 16.8 Å². The zero-order chi connectivity index (χ0) is 13.8. The number of hydrogen-bond acceptors (Lipinski definition) is 5. The summed E-state index contributed by atoms with van der Waals surface area (Å²) in [5.41, 5.74) is 6.97. The number of thiazole rings is 1. The van der Waals surface area contributed by atoms with Gasteiger partial charge in [-0.05, 0) is 25.1 Å². The Morgan fingerprint density at radius 3 is 3.05 bits per heavy atom. The van der Waals surface area contributed by atoms with E-state index in [0.29, 0.717) is 5.69 Å². The first kappa shape index (κ1) is 13.8. The van der Waals surface area contributed by atoms with Crippen molar-refractivity contribution in [1.82, 2.24) is 4.98 Å². The van der Waals surface area contributed by atoms with Crippen molar-refractivity contribution in [2.45, 2.75) is 11.3 Å². The number of nitrogens with two attached hydrogens (primary N) is 1. The molecule has 0 radical (unpaired) electrons. The number of carbonyl (C=O) groups is 1. The summed E-state index contributed by atoms with van der Waals surface area (Å²) in [5, 5.41) is 4.40. The van der Waals surface area contributed by atoms with Crippen LogP contribution < -0.4 is 11.1 Å². The Morgan fingerprint density at radius 1 is 1.58 bits per heavy atom. The van der Waals surface area contributed by atoms with E-state index < -0.39 is 5.82 Å². The molecule has 0 bridgehead atoms. The Morgan fingerprint density at radius 2 is 2.37 bits per heavy atom. The van der Waals surface area contributed by atoms with Crippen molar-refractivity contribution in [3.05, 3.63) is 35.1 Å². The van der Waals surface area contributed by atoms with E-state index in [2.05, 4.69) is 10.3 Å². The highest BCUT2D eigenvalue weighted by Gasteiger charge is 2.09. The maximum Gasteiger partial charge on any atom is 0.234 e. The van der Waals surface area contributed by atoms with Gasteiger partial charge in [-0.25, -0.2) is 9.37 Å². The molecule has 0 spiro atoms. The molecule has 0 aliphatic rings. The molecule has 1 amide bonds. The lowest BCUT2D eigenvalue weighted by Gasteiger charge is -2.06. The van der Waals surface area contributed by atoms with Gasteiger partial charge in [0.1, 0.15) is 5.82 Å². The van der Waals surface area contributed by atoms with Gasteiger partial charge in [-0.2, -0.15) is 0 Å². The van der Waals surface area contributed by atoms with Gasteiger partial charge in [-0.1, -0.05) is 11.8 Å². The molecule has 100 valence electrons. The monoisotopic (exact) mass is 297 g/mol. The quantitative estimate of drug-likeness (QED) is 0.672. The molecule has 0 atom stereocenters. The van der Waals surface area contributed by atoms with Gasteiger partial charge in [0.05, 0.1) is 11.4 Å². The van der Waals surface area contributed by atoms with Gasteiger partial charge in [-0.15, -0.1) is 11.3 Å². The Bertz CT molecular complexity index is 600.